The maximum absolute atomic E-state index is 13.6. The minimum Gasteiger partial charge on any atom is -0.495 e. The zero-order valence-electron chi connectivity index (χ0n) is 16.5. The van der Waals surface area contributed by atoms with E-state index >= 15 is 0 Å². The van der Waals surface area contributed by atoms with Gasteiger partial charge in [0.2, 0.25) is 11.8 Å². The maximum atomic E-state index is 13.6. The van der Waals surface area contributed by atoms with Crippen LogP contribution in [0.5, 0.6) is 5.75 Å². The lowest BCUT2D eigenvalue weighted by Crippen LogP contribution is -2.34. The van der Waals surface area contributed by atoms with Crippen LogP contribution in [0.25, 0.3) is 0 Å². The number of carbonyl (C=O) groups is 2. The van der Waals surface area contributed by atoms with Crippen molar-refractivity contribution in [2.45, 2.75) is 13.3 Å². The zero-order valence-corrected chi connectivity index (χ0v) is 18.1. The lowest BCUT2D eigenvalue weighted by molar-refractivity contribution is -0.123. The van der Waals surface area contributed by atoms with E-state index < -0.39 is 5.92 Å². The minimum absolute atomic E-state index is 0.113. The number of thiazole rings is 1. The van der Waals surface area contributed by atoms with Crippen molar-refractivity contribution in [1.82, 2.24) is 4.98 Å². The first-order chi connectivity index (χ1) is 14.5. The monoisotopic (exact) mass is 441 g/mol. The highest BCUT2D eigenvalue weighted by Gasteiger charge is 2.39. The number of hydrogen-bond donors (Lipinski definition) is 0. The number of aromatic nitrogens is 1. The van der Waals surface area contributed by atoms with Crippen LogP contribution in [0.4, 0.5) is 16.5 Å². The van der Waals surface area contributed by atoms with E-state index in [4.69, 9.17) is 16.3 Å². The quantitative estimate of drug-likeness (QED) is 0.568. The number of carbonyl (C=O) groups excluding carboxylic acids is 2. The van der Waals surface area contributed by atoms with Gasteiger partial charge < -0.3 is 9.64 Å². The third kappa shape index (κ3) is 3.91. The van der Waals surface area contributed by atoms with E-state index in [9.17, 15) is 9.59 Å². The Labute approximate surface area is 183 Å². The van der Waals surface area contributed by atoms with Crippen molar-refractivity contribution >= 4 is 51.3 Å². The Morgan fingerprint density at radius 3 is 2.70 bits per heavy atom. The molecule has 30 heavy (non-hydrogen) atoms. The lowest BCUT2D eigenvalue weighted by Gasteiger charge is -2.24. The van der Waals surface area contributed by atoms with E-state index in [1.54, 1.807) is 28.0 Å². The predicted octanol–water partition coefficient (Wildman–Crippen LogP) is 4.83. The molecule has 154 valence electrons. The second-order valence-electron chi connectivity index (χ2n) is 7.00. The normalized spacial score (nSPS) is 16.0. The highest BCUT2D eigenvalue weighted by Crippen LogP contribution is 2.37. The topological polar surface area (TPSA) is 62.7 Å². The molecule has 0 spiro atoms. The summed E-state index contributed by atoms with van der Waals surface area (Å²) in [5.74, 6) is -0.272. The number of rotatable bonds is 5. The zero-order chi connectivity index (χ0) is 21.3. The molecule has 8 heteroatoms. The van der Waals surface area contributed by atoms with Gasteiger partial charge in [-0.1, -0.05) is 29.8 Å². The van der Waals surface area contributed by atoms with Gasteiger partial charge in [-0.05, 0) is 37.3 Å². The largest absolute Gasteiger partial charge is 0.495 e. The van der Waals surface area contributed by atoms with Crippen molar-refractivity contribution < 1.29 is 14.3 Å². The number of methoxy groups -OCH3 is 1. The summed E-state index contributed by atoms with van der Waals surface area (Å²) < 4.78 is 5.39. The summed E-state index contributed by atoms with van der Waals surface area (Å²) >= 11 is 7.54. The van der Waals surface area contributed by atoms with Crippen LogP contribution in [0.2, 0.25) is 5.02 Å². The Morgan fingerprint density at radius 2 is 2.03 bits per heavy atom. The molecule has 0 bridgehead atoms. The molecule has 0 radical (unpaired) electrons. The first kappa shape index (κ1) is 20.4. The van der Waals surface area contributed by atoms with Gasteiger partial charge in [0.25, 0.3) is 0 Å². The Bertz CT molecular complexity index is 1090. The van der Waals surface area contributed by atoms with Crippen molar-refractivity contribution in [3.8, 4) is 5.75 Å². The van der Waals surface area contributed by atoms with Crippen LogP contribution in [0.3, 0.4) is 0 Å². The van der Waals surface area contributed by atoms with E-state index in [0.717, 1.165) is 11.4 Å². The van der Waals surface area contributed by atoms with E-state index in [2.05, 4.69) is 4.98 Å². The number of ether oxygens (including phenoxy) is 1. The number of aryl methyl sites for hydroxylation is 1. The third-order valence-corrected chi connectivity index (χ3v) is 6.12. The molecule has 1 aliphatic heterocycles. The fourth-order valence-electron chi connectivity index (χ4n) is 3.52. The van der Waals surface area contributed by atoms with Crippen molar-refractivity contribution in [1.29, 1.82) is 0 Å². The molecule has 0 saturated carbocycles. The third-order valence-electron chi connectivity index (χ3n) is 4.94. The van der Waals surface area contributed by atoms with Crippen LogP contribution in [0, 0.1) is 12.8 Å². The molecule has 1 unspecified atom stereocenters. The Morgan fingerprint density at radius 1 is 1.27 bits per heavy atom. The summed E-state index contributed by atoms with van der Waals surface area (Å²) in [6.45, 7) is 2.14. The standard InChI is InChI=1S/C22H20ClN3O3S/c1-14-13-30-22(24-14)26(17-6-4-3-5-7-17)21(28)15-10-20(27)25(12-15)18-11-16(23)8-9-19(18)29-2/h3-9,11,13,15H,10,12H2,1-2H3. The van der Waals surface area contributed by atoms with Crippen molar-refractivity contribution in [3.05, 3.63) is 64.6 Å². The number of anilines is 3. The van der Waals surface area contributed by atoms with Gasteiger partial charge in [0.1, 0.15) is 5.75 Å². The van der Waals surface area contributed by atoms with Crippen molar-refractivity contribution in [2.75, 3.05) is 23.5 Å². The highest BCUT2D eigenvalue weighted by molar-refractivity contribution is 7.14. The first-order valence-corrected chi connectivity index (χ1v) is 10.7. The van der Waals surface area contributed by atoms with Crippen LogP contribution in [0.1, 0.15) is 12.1 Å². The Hall–Kier alpha value is -2.90. The number of nitrogens with zero attached hydrogens (tertiary/aromatic N) is 3. The summed E-state index contributed by atoms with van der Waals surface area (Å²) in [5.41, 5.74) is 2.14. The highest BCUT2D eigenvalue weighted by atomic mass is 35.5. The number of hydrogen-bond acceptors (Lipinski definition) is 5. The van der Waals surface area contributed by atoms with E-state index in [1.165, 1.54) is 18.4 Å². The molecule has 1 aliphatic rings. The molecule has 1 atom stereocenters. The maximum Gasteiger partial charge on any atom is 0.238 e. The van der Waals surface area contributed by atoms with Crippen LogP contribution in [-0.2, 0) is 9.59 Å². The molecule has 2 amide bonds. The molecule has 1 saturated heterocycles. The fraction of sp³-hybridized carbons (Fsp3) is 0.227. The summed E-state index contributed by atoms with van der Waals surface area (Å²) in [6, 6.07) is 14.5. The van der Waals surface area contributed by atoms with Crippen molar-refractivity contribution in [2.24, 2.45) is 5.92 Å². The number of para-hydroxylation sites is 1. The predicted molar refractivity (Wildman–Crippen MR) is 119 cm³/mol. The van der Waals surface area contributed by atoms with Gasteiger partial charge in [0.05, 0.1) is 30.1 Å². The molecule has 0 N–H and O–H groups in total. The first-order valence-electron chi connectivity index (χ1n) is 9.43. The fourth-order valence-corrected chi connectivity index (χ4v) is 4.51. The average molecular weight is 442 g/mol. The Kier molecular flexibility index (Phi) is 5.74. The second-order valence-corrected chi connectivity index (χ2v) is 8.28. The van der Waals surface area contributed by atoms with Gasteiger partial charge in [-0.3, -0.25) is 14.5 Å². The second kappa shape index (κ2) is 8.45. The Balaban J connectivity index is 1.65. The number of benzene rings is 2. The van der Waals surface area contributed by atoms with E-state index in [0.29, 0.717) is 21.6 Å². The van der Waals surface area contributed by atoms with E-state index in [-0.39, 0.29) is 24.8 Å². The molecular formula is C22H20ClN3O3S. The van der Waals surface area contributed by atoms with Gasteiger partial charge in [-0.2, -0.15) is 0 Å². The molecule has 1 fully saturated rings. The van der Waals surface area contributed by atoms with Crippen LogP contribution in [-0.4, -0.2) is 30.5 Å². The molecule has 2 heterocycles. The number of halogens is 1. The van der Waals surface area contributed by atoms with Crippen LogP contribution in [0.15, 0.2) is 53.9 Å². The summed E-state index contributed by atoms with van der Waals surface area (Å²) in [7, 11) is 1.54. The molecular weight excluding hydrogens is 422 g/mol. The van der Waals surface area contributed by atoms with Gasteiger partial charge in [-0.25, -0.2) is 4.98 Å². The SMILES string of the molecule is COc1ccc(Cl)cc1N1CC(C(=O)N(c2ccccc2)c2nc(C)cs2)CC1=O. The van der Waals surface area contributed by atoms with E-state index in [1.807, 2.05) is 42.6 Å². The summed E-state index contributed by atoms with van der Waals surface area (Å²) in [6.07, 6.45) is 0.113. The number of amides is 2. The summed E-state index contributed by atoms with van der Waals surface area (Å²) in [4.78, 5) is 34.0. The molecule has 6 nitrogen and oxygen atoms in total. The average Bonchev–Trinajstić information content (AvgIpc) is 3.34. The van der Waals surface area contributed by atoms with Gasteiger partial charge in [0.15, 0.2) is 5.13 Å². The smallest absolute Gasteiger partial charge is 0.238 e. The van der Waals surface area contributed by atoms with Gasteiger partial charge in [-0.15, -0.1) is 11.3 Å². The lowest BCUT2D eigenvalue weighted by atomic mass is 10.1. The van der Waals surface area contributed by atoms with Gasteiger partial charge >= 0.3 is 0 Å². The van der Waals surface area contributed by atoms with Gasteiger partial charge in [0, 0.05) is 23.4 Å². The molecule has 1 aromatic heterocycles. The van der Waals surface area contributed by atoms with Crippen molar-refractivity contribution in [3.63, 3.8) is 0 Å². The van der Waals surface area contributed by atoms with Crippen LogP contribution < -0.4 is 14.5 Å². The molecule has 2 aromatic carbocycles. The molecule has 0 aliphatic carbocycles. The molecule has 3 aromatic rings. The minimum atomic E-state index is -0.509. The summed E-state index contributed by atoms with van der Waals surface area (Å²) in [5, 5.41) is 2.99. The molecule has 4 rings (SSSR count). The van der Waals surface area contributed by atoms with Crippen LogP contribution >= 0.6 is 22.9 Å².